The number of carbonyl (C=O) groups excluding carboxylic acids is 3. The maximum Gasteiger partial charge on any atom is 0.251 e. The molecule has 1 saturated heterocycles. The van der Waals surface area contributed by atoms with E-state index in [0.29, 0.717) is 29.9 Å². The van der Waals surface area contributed by atoms with Crippen molar-refractivity contribution in [1.82, 2.24) is 5.32 Å². The third-order valence-corrected chi connectivity index (χ3v) is 5.55. The van der Waals surface area contributed by atoms with Crippen LogP contribution >= 0.6 is 0 Å². The molecule has 0 aliphatic carbocycles. The van der Waals surface area contributed by atoms with Crippen molar-refractivity contribution in [3.63, 3.8) is 0 Å². The fraction of sp³-hybridized carbons (Fsp3) is 0.423. The van der Waals surface area contributed by atoms with E-state index in [1.165, 1.54) is 0 Å². The van der Waals surface area contributed by atoms with Crippen LogP contribution in [0.1, 0.15) is 55.8 Å². The van der Waals surface area contributed by atoms with Crippen LogP contribution in [0.25, 0.3) is 0 Å². The lowest BCUT2D eigenvalue weighted by molar-refractivity contribution is -0.116. The van der Waals surface area contributed by atoms with Crippen molar-refractivity contribution in [3.8, 4) is 0 Å². The summed E-state index contributed by atoms with van der Waals surface area (Å²) in [6.45, 7) is 3.43. The molecule has 2 aromatic rings. The second-order valence-corrected chi connectivity index (χ2v) is 8.41. The van der Waals surface area contributed by atoms with Gasteiger partial charge in [0.05, 0.1) is 12.6 Å². The van der Waals surface area contributed by atoms with Gasteiger partial charge in [0.15, 0.2) is 0 Å². The number of nitrogens with one attached hydrogen (secondary N) is 4. The molecular formula is C26H34N4O4. The normalized spacial score (nSPS) is 14.9. The van der Waals surface area contributed by atoms with Crippen molar-refractivity contribution in [2.24, 2.45) is 0 Å². The predicted octanol–water partition coefficient (Wildman–Crippen LogP) is 4.16. The van der Waals surface area contributed by atoms with Gasteiger partial charge in [-0.25, -0.2) is 0 Å². The van der Waals surface area contributed by atoms with Crippen molar-refractivity contribution in [2.45, 2.75) is 51.6 Å². The molecule has 182 valence electrons. The van der Waals surface area contributed by atoms with E-state index in [4.69, 9.17) is 4.74 Å². The highest BCUT2D eigenvalue weighted by Crippen LogP contribution is 2.16. The van der Waals surface area contributed by atoms with Gasteiger partial charge in [-0.05, 0) is 61.7 Å². The molecule has 1 heterocycles. The molecule has 1 aliphatic rings. The average Bonchev–Trinajstić information content (AvgIpc) is 3.36. The minimum absolute atomic E-state index is 0.00709. The smallest absolute Gasteiger partial charge is 0.251 e. The van der Waals surface area contributed by atoms with Gasteiger partial charge in [0, 0.05) is 42.2 Å². The molecule has 3 amide bonds. The molecule has 1 aliphatic heterocycles. The van der Waals surface area contributed by atoms with E-state index in [-0.39, 0.29) is 30.4 Å². The van der Waals surface area contributed by atoms with Crippen molar-refractivity contribution in [1.29, 1.82) is 0 Å². The van der Waals surface area contributed by atoms with Gasteiger partial charge in [0.1, 0.15) is 0 Å². The van der Waals surface area contributed by atoms with Crippen molar-refractivity contribution < 1.29 is 19.1 Å². The molecule has 0 aromatic heterocycles. The molecule has 8 heteroatoms. The number of hydrogen-bond donors (Lipinski definition) is 4. The number of unbranched alkanes of at least 4 members (excludes halogenated alkanes) is 2. The molecule has 0 bridgehead atoms. The second kappa shape index (κ2) is 13.3. The summed E-state index contributed by atoms with van der Waals surface area (Å²) >= 11 is 0. The fourth-order valence-corrected chi connectivity index (χ4v) is 3.67. The summed E-state index contributed by atoms with van der Waals surface area (Å²) in [6.07, 6.45) is 5.59. The number of ether oxygens (including phenoxy) is 1. The van der Waals surface area contributed by atoms with Crippen LogP contribution in [0, 0.1) is 0 Å². The number of anilines is 3. The minimum atomic E-state index is -0.218. The van der Waals surface area contributed by atoms with Gasteiger partial charge in [-0.1, -0.05) is 25.8 Å². The Hall–Kier alpha value is -3.39. The van der Waals surface area contributed by atoms with Gasteiger partial charge >= 0.3 is 0 Å². The summed E-state index contributed by atoms with van der Waals surface area (Å²) in [6, 6.07) is 14.0. The largest absolute Gasteiger partial charge is 0.376 e. The van der Waals surface area contributed by atoms with E-state index in [1.807, 2.05) is 18.2 Å². The minimum Gasteiger partial charge on any atom is -0.376 e. The fourth-order valence-electron chi connectivity index (χ4n) is 3.67. The van der Waals surface area contributed by atoms with Crippen LogP contribution in [-0.4, -0.2) is 43.5 Å². The Morgan fingerprint density at radius 3 is 2.44 bits per heavy atom. The monoisotopic (exact) mass is 466 g/mol. The Morgan fingerprint density at radius 2 is 1.71 bits per heavy atom. The molecule has 3 rings (SSSR count). The van der Waals surface area contributed by atoms with Gasteiger partial charge in [-0.3, -0.25) is 14.4 Å². The van der Waals surface area contributed by atoms with Gasteiger partial charge in [-0.15, -0.1) is 0 Å². The number of carbonyl (C=O) groups is 3. The number of hydrogen-bond acceptors (Lipinski definition) is 5. The molecule has 0 radical (unpaired) electrons. The molecule has 2 aromatic carbocycles. The Labute approximate surface area is 200 Å². The Balaban J connectivity index is 1.41. The first-order chi connectivity index (χ1) is 16.5. The number of amides is 3. The van der Waals surface area contributed by atoms with Crippen molar-refractivity contribution in [3.05, 3.63) is 54.1 Å². The summed E-state index contributed by atoms with van der Waals surface area (Å²) < 4.78 is 5.51. The summed E-state index contributed by atoms with van der Waals surface area (Å²) in [5.74, 6) is -0.385. The lowest BCUT2D eigenvalue weighted by Gasteiger charge is -2.12. The van der Waals surface area contributed by atoms with Crippen LogP contribution in [0.15, 0.2) is 48.5 Å². The van der Waals surface area contributed by atoms with Gasteiger partial charge in [0.25, 0.3) is 5.91 Å². The predicted molar refractivity (Wildman–Crippen MR) is 134 cm³/mol. The van der Waals surface area contributed by atoms with Crippen LogP contribution in [0.4, 0.5) is 17.1 Å². The molecular weight excluding hydrogens is 432 g/mol. The van der Waals surface area contributed by atoms with E-state index in [1.54, 1.807) is 30.3 Å². The van der Waals surface area contributed by atoms with Crippen molar-refractivity contribution >= 4 is 34.8 Å². The van der Waals surface area contributed by atoms with E-state index in [0.717, 1.165) is 44.4 Å². The quantitative estimate of drug-likeness (QED) is 0.351. The van der Waals surface area contributed by atoms with Crippen LogP contribution in [0.5, 0.6) is 0 Å². The summed E-state index contributed by atoms with van der Waals surface area (Å²) in [5, 5.41) is 11.6. The molecule has 8 nitrogen and oxygen atoms in total. The highest BCUT2D eigenvalue weighted by molar-refractivity contribution is 5.97. The second-order valence-electron chi connectivity index (χ2n) is 8.41. The van der Waals surface area contributed by atoms with Crippen LogP contribution in [0.2, 0.25) is 0 Å². The molecule has 34 heavy (non-hydrogen) atoms. The Bertz CT molecular complexity index is 956. The highest BCUT2D eigenvalue weighted by Gasteiger charge is 2.16. The first kappa shape index (κ1) is 25.2. The zero-order chi connectivity index (χ0) is 24.2. The maximum atomic E-state index is 12.3. The van der Waals surface area contributed by atoms with Gasteiger partial charge in [0.2, 0.25) is 11.8 Å². The summed E-state index contributed by atoms with van der Waals surface area (Å²) in [4.78, 5) is 36.6. The van der Waals surface area contributed by atoms with Crippen LogP contribution in [-0.2, 0) is 14.3 Å². The molecule has 0 saturated carbocycles. The van der Waals surface area contributed by atoms with Crippen LogP contribution < -0.4 is 21.3 Å². The zero-order valence-corrected chi connectivity index (χ0v) is 19.7. The zero-order valence-electron chi connectivity index (χ0n) is 19.7. The molecule has 4 N–H and O–H groups in total. The van der Waals surface area contributed by atoms with E-state index < -0.39 is 0 Å². The molecule has 1 atom stereocenters. The summed E-state index contributed by atoms with van der Waals surface area (Å²) in [5.41, 5.74) is 2.57. The summed E-state index contributed by atoms with van der Waals surface area (Å²) in [7, 11) is 0. The first-order valence-corrected chi connectivity index (χ1v) is 12.0. The highest BCUT2D eigenvalue weighted by atomic mass is 16.5. The van der Waals surface area contributed by atoms with E-state index in [2.05, 4.69) is 28.2 Å². The molecule has 1 unspecified atom stereocenters. The lowest BCUT2D eigenvalue weighted by Crippen LogP contribution is -2.31. The third kappa shape index (κ3) is 8.51. The number of rotatable bonds is 12. The standard InChI is InChI=1S/C26H34N4O4/c1-2-3-4-10-24(31)30-22-8-5-7-21(16-22)27-18-25(32)29-20-13-11-19(12-14-20)26(33)28-17-23-9-6-15-34-23/h5,7-8,11-14,16,23,27H,2-4,6,9-10,15,17-18H2,1H3,(H,28,33)(H,29,32)(H,30,31). The first-order valence-electron chi connectivity index (χ1n) is 12.0. The third-order valence-electron chi connectivity index (χ3n) is 5.55. The van der Waals surface area contributed by atoms with Gasteiger partial charge in [-0.2, -0.15) is 0 Å². The Kier molecular flexibility index (Phi) is 9.91. The van der Waals surface area contributed by atoms with Crippen molar-refractivity contribution in [2.75, 3.05) is 35.6 Å². The van der Waals surface area contributed by atoms with E-state index >= 15 is 0 Å². The Morgan fingerprint density at radius 1 is 0.941 bits per heavy atom. The molecule has 0 spiro atoms. The molecule has 1 fully saturated rings. The lowest BCUT2D eigenvalue weighted by atomic mass is 10.2. The average molecular weight is 467 g/mol. The maximum absolute atomic E-state index is 12.3. The van der Waals surface area contributed by atoms with Gasteiger partial charge < -0.3 is 26.0 Å². The van der Waals surface area contributed by atoms with E-state index in [9.17, 15) is 14.4 Å². The van der Waals surface area contributed by atoms with Crippen LogP contribution in [0.3, 0.4) is 0 Å². The SMILES string of the molecule is CCCCCC(=O)Nc1cccc(NCC(=O)Nc2ccc(C(=O)NCC3CCCO3)cc2)c1. The number of benzene rings is 2. The topological polar surface area (TPSA) is 109 Å².